The molecule has 3 N–H and O–H groups in total. The number of hydrogen-bond acceptors (Lipinski definition) is 4. The molecule has 10 heteroatoms. The van der Waals surface area contributed by atoms with Crippen LogP contribution < -0.4 is 16.1 Å². The number of para-hydroxylation sites is 1. The third kappa shape index (κ3) is 6.47. The van der Waals surface area contributed by atoms with Crippen LogP contribution >= 0.6 is 23.2 Å². The van der Waals surface area contributed by atoms with Crippen LogP contribution in [0.2, 0.25) is 10.0 Å². The van der Waals surface area contributed by atoms with Crippen LogP contribution in [0, 0.1) is 0 Å². The number of carbonyl (C=O) groups excluding carboxylic acids is 3. The van der Waals surface area contributed by atoms with Crippen molar-refractivity contribution in [3.63, 3.8) is 0 Å². The quantitative estimate of drug-likeness (QED) is 0.325. The van der Waals surface area contributed by atoms with Crippen molar-refractivity contribution >= 4 is 57.5 Å². The molecule has 0 fully saturated rings. The van der Waals surface area contributed by atoms with E-state index in [-0.39, 0.29) is 18.3 Å². The number of hydrogen-bond donors (Lipinski definition) is 3. The second kappa shape index (κ2) is 11.2. The fraction of sp³-hybridized carbons (Fsp3) is 0.261. The number of benzene rings is 2. The molecule has 0 spiro atoms. The first-order valence-electron chi connectivity index (χ1n) is 10.3. The van der Waals surface area contributed by atoms with Gasteiger partial charge in [0, 0.05) is 23.6 Å². The molecule has 0 saturated carbocycles. The van der Waals surface area contributed by atoms with Crippen molar-refractivity contribution in [2.75, 3.05) is 23.9 Å². The summed E-state index contributed by atoms with van der Waals surface area (Å²) in [6, 6.07) is 13.3. The van der Waals surface area contributed by atoms with E-state index in [1.165, 1.54) is 4.68 Å². The summed E-state index contributed by atoms with van der Waals surface area (Å²) in [6.45, 7) is 4.58. The molecule has 33 heavy (non-hydrogen) atoms. The maximum Gasteiger partial charge on any atom is 0.328 e. The number of nitrogens with zero attached hydrogens (tertiary/aromatic N) is 1. The van der Waals surface area contributed by atoms with Crippen LogP contribution in [0.1, 0.15) is 30.8 Å². The van der Waals surface area contributed by atoms with Gasteiger partial charge in [-0.2, -0.15) is 0 Å². The number of carbonyl (C=O) groups is 3. The number of aromatic nitrogens is 1. The number of anilines is 1. The molecule has 0 aliphatic heterocycles. The summed E-state index contributed by atoms with van der Waals surface area (Å²) in [5.74, 6) is -2.27. The molecule has 0 unspecified atom stereocenters. The van der Waals surface area contributed by atoms with E-state index in [0.29, 0.717) is 39.7 Å². The number of fused-ring (bicyclic) bond motifs is 1. The summed E-state index contributed by atoms with van der Waals surface area (Å²) in [5, 5.41) is 6.69. The van der Waals surface area contributed by atoms with Gasteiger partial charge >= 0.3 is 11.8 Å². The standard InChI is InChI=1S/C23H24Cl2N4O4/c1-14(2)33-11-5-10-26-22(31)23(32)28-29-19-9-8-16(24)12-15(19)13-20(29)21(30)27-18-7-4-3-6-17(18)25/h3-4,6-9,12-14H,5,10-11H2,1-2H3,(H,26,31)(H,27,30)(H,28,32). The van der Waals surface area contributed by atoms with Gasteiger partial charge in [0.25, 0.3) is 5.91 Å². The Balaban J connectivity index is 1.78. The van der Waals surface area contributed by atoms with Gasteiger partial charge in [-0.15, -0.1) is 0 Å². The van der Waals surface area contributed by atoms with Gasteiger partial charge in [0.2, 0.25) is 0 Å². The molecule has 0 saturated heterocycles. The fourth-order valence-electron chi connectivity index (χ4n) is 3.05. The Kier molecular flexibility index (Phi) is 8.32. The molecule has 0 radical (unpaired) electrons. The number of amides is 3. The van der Waals surface area contributed by atoms with Crippen molar-refractivity contribution < 1.29 is 19.1 Å². The van der Waals surface area contributed by atoms with E-state index in [1.54, 1.807) is 48.5 Å². The molecule has 2 aromatic carbocycles. The van der Waals surface area contributed by atoms with Crippen molar-refractivity contribution in [3.05, 3.63) is 64.3 Å². The van der Waals surface area contributed by atoms with Gasteiger partial charge in [0.1, 0.15) is 5.69 Å². The highest BCUT2D eigenvalue weighted by Crippen LogP contribution is 2.25. The molecular weight excluding hydrogens is 467 g/mol. The lowest BCUT2D eigenvalue weighted by atomic mass is 10.2. The highest BCUT2D eigenvalue weighted by Gasteiger charge is 2.21. The van der Waals surface area contributed by atoms with Gasteiger partial charge in [-0.05, 0) is 56.7 Å². The highest BCUT2D eigenvalue weighted by atomic mass is 35.5. The normalized spacial score (nSPS) is 10.9. The maximum absolute atomic E-state index is 13.0. The van der Waals surface area contributed by atoms with Crippen LogP contribution in [0.5, 0.6) is 0 Å². The second-order valence-electron chi connectivity index (χ2n) is 7.47. The summed E-state index contributed by atoms with van der Waals surface area (Å²) < 4.78 is 6.66. The Labute approximate surface area is 201 Å². The van der Waals surface area contributed by atoms with Crippen LogP contribution in [0.3, 0.4) is 0 Å². The van der Waals surface area contributed by atoms with Crippen molar-refractivity contribution in [1.82, 2.24) is 9.99 Å². The van der Waals surface area contributed by atoms with Crippen molar-refractivity contribution in [2.45, 2.75) is 26.4 Å². The minimum absolute atomic E-state index is 0.0925. The smallest absolute Gasteiger partial charge is 0.328 e. The predicted octanol–water partition coefficient (Wildman–Crippen LogP) is 4.20. The lowest BCUT2D eigenvalue weighted by Gasteiger charge is -2.13. The zero-order valence-electron chi connectivity index (χ0n) is 18.2. The molecule has 1 heterocycles. The molecule has 1 aromatic heterocycles. The average molecular weight is 491 g/mol. The van der Waals surface area contributed by atoms with Gasteiger partial charge in [-0.3, -0.25) is 19.8 Å². The van der Waals surface area contributed by atoms with Crippen LogP contribution in [-0.4, -0.2) is 41.7 Å². The third-order valence-electron chi connectivity index (χ3n) is 4.60. The van der Waals surface area contributed by atoms with Crippen molar-refractivity contribution in [1.29, 1.82) is 0 Å². The minimum atomic E-state index is -0.918. The minimum Gasteiger partial charge on any atom is -0.379 e. The maximum atomic E-state index is 13.0. The van der Waals surface area contributed by atoms with Crippen LogP contribution in [0.4, 0.5) is 5.69 Å². The number of rotatable bonds is 8. The number of nitrogens with one attached hydrogen (secondary N) is 3. The van der Waals surface area contributed by atoms with Gasteiger partial charge < -0.3 is 15.4 Å². The molecule has 0 aliphatic carbocycles. The van der Waals surface area contributed by atoms with E-state index in [4.69, 9.17) is 27.9 Å². The zero-order chi connectivity index (χ0) is 24.0. The van der Waals surface area contributed by atoms with E-state index in [9.17, 15) is 14.4 Å². The first-order chi connectivity index (χ1) is 15.8. The van der Waals surface area contributed by atoms with Crippen LogP contribution in [0.25, 0.3) is 10.9 Å². The summed E-state index contributed by atoms with van der Waals surface area (Å²) in [5.41, 5.74) is 3.49. The molecular formula is C23H24Cl2N4O4. The predicted molar refractivity (Wildman–Crippen MR) is 129 cm³/mol. The fourth-order valence-corrected chi connectivity index (χ4v) is 3.41. The van der Waals surface area contributed by atoms with Crippen molar-refractivity contribution in [2.24, 2.45) is 0 Å². The van der Waals surface area contributed by atoms with E-state index >= 15 is 0 Å². The van der Waals surface area contributed by atoms with Gasteiger partial charge in [-0.1, -0.05) is 35.3 Å². The molecule has 3 aromatic rings. The van der Waals surface area contributed by atoms with E-state index in [0.717, 1.165) is 0 Å². The summed E-state index contributed by atoms with van der Waals surface area (Å²) in [4.78, 5) is 37.8. The Morgan fingerprint density at radius 2 is 1.79 bits per heavy atom. The Morgan fingerprint density at radius 3 is 2.52 bits per heavy atom. The zero-order valence-corrected chi connectivity index (χ0v) is 19.7. The average Bonchev–Trinajstić information content (AvgIpc) is 3.12. The third-order valence-corrected chi connectivity index (χ3v) is 5.16. The summed E-state index contributed by atoms with van der Waals surface area (Å²) in [6.07, 6.45) is 0.656. The lowest BCUT2D eigenvalue weighted by molar-refractivity contribution is -0.136. The molecule has 3 rings (SSSR count). The van der Waals surface area contributed by atoms with Crippen LogP contribution in [-0.2, 0) is 14.3 Å². The second-order valence-corrected chi connectivity index (χ2v) is 8.32. The molecule has 0 atom stereocenters. The van der Waals surface area contributed by atoms with Crippen LogP contribution in [0.15, 0.2) is 48.5 Å². The number of halogens is 2. The van der Waals surface area contributed by atoms with Gasteiger partial charge in [0.05, 0.1) is 22.3 Å². The monoisotopic (exact) mass is 490 g/mol. The molecule has 8 nitrogen and oxygen atoms in total. The topological polar surface area (TPSA) is 101 Å². The Morgan fingerprint density at radius 1 is 1.03 bits per heavy atom. The summed E-state index contributed by atoms with van der Waals surface area (Å²) >= 11 is 12.2. The van der Waals surface area contributed by atoms with Crippen molar-refractivity contribution in [3.8, 4) is 0 Å². The Bertz CT molecular complexity index is 1180. The lowest BCUT2D eigenvalue weighted by Crippen LogP contribution is -2.40. The largest absolute Gasteiger partial charge is 0.379 e. The van der Waals surface area contributed by atoms with E-state index < -0.39 is 17.7 Å². The number of ether oxygens (including phenoxy) is 1. The molecule has 174 valence electrons. The Hall–Kier alpha value is -3.07. The molecule has 0 aliphatic rings. The highest BCUT2D eigenvalue weighted by molar-refractivity contribution is 6.38. The van der Waals surface area contributed by atoms with Gasteiger partial charge in [0.15, 0.2) is 0 Å². The van der Waals surface area contributed by atoms with E-state index in [2.05, 4.69) is 16.1 Å². The molecule has 0 bridgehead atoms. The summed E-state index contributed by atoms with van der Waals surface area (Å²) in [7, 11) is 0. The first kappa shape index (κ1) is 24.6. The van der Waals surface area contributed by atoms with E-state index in [1.807, 2.05) is 13.8 Å². The molecule has 3 amide bonds. The SMILES string of the molecule is CC(C)OCCCNC(=O)C(=O)Nn1c(C(=O)Nc2ccccc2Cl)cc2cc(Cl)ccc21. The van der Waals surface area contributed by atoms with Gasteiger partial charge in [-0.25, -0.2) is 4.68 Å². The first-order valence-corrected chi connectivity index (χ1v) is 11.1.